The van der Waals surface area contributed by atoms with Crippen LogP contribution < -0.4 is 15.6 Å². The van der Waals surface area contributed by atoms with Gasteiger partial charge in [-0.1, -0.05) is 18.2 Å². The van der Waals surface area contributed by atoms with Gasteiger partial charge in [0.1, 0.15) is 11.5 Å². The summed E-state index contributed by atoms with van der Waals surface area (Å²) in [6.07, 6.45) is 0. The molecule has 0 radical (unpaired) electrons. The third kappa shape index (κ3) is 3.37. The zero-order chi connectivity index (χ0) is 19.7. The van der Waals surface area contributed by atoms with Crippen molar-refractivity contribution in [1.29, 1.82) is 0 Å². The zero-order valence-electron chi connectivity index (χ0n) is 15.4. The van der Waals surface area contributed by atoms with E-state index in [0.717, 1.165) is 5.75 Å². The van der Waals surface area contributed by atoms with Crippen LogP contribution in [0.15, 0.2) is 65.5 Å². The summed E-state index contributed by atoms with van der Waals surface area (Å²) in [6, 6.07) is 18.1. The van der Waals surface area contributed by atoms with Gasteiger partial charge in [-0.15, -0.1) is 0 Å². The highest BCUT2D eigenvalue weighted by Crippen LogP contribution is 2.23. The number of amides is 1. The number of anilines is 1. The van der Waals surface area contributed by atoms with Crippen LogP contribution in [0.4, 0.5) is 5.69 Å². The van der Waals surface area contributed by atoms with Crippen LogP contribution >= 0.6 is 0 Å². The molecule has 0 unspecified atom stereocenters. The Balaban J connectivity index is 1.57. The molecule has 1 amide bonds. The van der Waals surface area contributed by atoms with E-state index >= 15 is 0 Å². The molecule has 0 aliphatic heterocycles. The number of benzene rings is 2. The summed E-state index contributed by atoms with van der Waals surface area (Å²) in [5.41, 5.74) is 1.64. The van der Waals surface area contributed by atoms with E-state index in [2.05, 4.69) is 15.4 Å². The van der Waals surface area contributed by atoms with E-state index in [1.807, 2.05) is 30.3 Å². The fourth-order valence-electron chi connectivity index (χ4n) is 2.99. The maximum absolute atomic E-state index is 12.8. The average Bonchev–Trinajstić information content (AvgIpc) is 2.97. The first kappa shape index (κ1) is 17.5. The minimum absolute atomic E-state index is 0.273. The van der Waals surface area contributed by atoms with Crippen molar-refractivity contribution in [2.45, 2.75) is 6.92 Å². The summed E-state index contributed by atoms with van der Waals surface area (Å²) >= 11 is 0. The molecule has 0 bridgehead atoms. The standard InChI is InChI=1S/C21H18N4O3/c1-13-12-17(18-19(22-13)25(2)24-21(18)27)20(26)23-14-8-10-16(11-9-14)28-15-6-4-3-5-7-15/h3-12H,1-2H3,(H,23,26)(H,24,27). The molecule has 0 saturated carbocycles. The van der Waals surface area contributed by atoms with Crippen molar-refractivity contribution in [3.05, 3.63) is 82.3 Å². The van der Waals surface area contributed by atoms with Crippen molar-refractivity contribution < 1.29 is 9.53 Å². The Morgan fingerprint density at radius 1 is 1.07 bits per heavy atom. The Bertz CT molecular complexity index is 1210. The predicted octanol–water partition coefficient (Wildman–Crippen LogP) is 3.61. The lowest BCUT2D eigenvalue weighted by Gasteiger charge is -2.09. The lowest BCUT2D eigenvalue weighted by Crippen LogP contribution is -2.15. The monoisotopic (exact) mass is 374 g/mol. The molecule has 28 heavy (non-hydrogen) atoms. The van der Waals surface area contributed by atoms with Crippen molar-refractivity contribution >= 4 is 22.6 Å². The Morgan fingerprint density at radius 2 is 1.75 bits per heavy atom. The number of aromatic amines is 1. The van der Waals surface area contributed by atoms with E-state index < -0.39 is 0 Å². The molecule has 2 aromatic carbocycles. The van der Waals surface area contributed by atoms with Gasteiger partial charge in [0.05, 0.1) is 10.9 Å². The lowest BCUT2D eigenvalue weighted by atomic mass is 10.1. The smallest absolute Gasteiger partial charge is 0.274 e. The number of aryl methyl sites for hydroxylation is 2. The first-order chi connectivity index (χ1) is 13.5. The Morgan fingerprint density at radius 3 is 2.46 bits per heavy atom. The van der Waals surface area contributed by atoms with Gasteiger partial charge in [-0.25, -0.2) is 4.98 Å². The highest BCUT2D eigenvalue weighted by atomic mass is 16.5. The minimum Gasteiger partial charge on any atom is -0.457 e. The van der Waals surface area contributed by atoms with Crippen LogP contribution in [0.1, 0.15) is 16.1 Å². The van der Waals surface area contributed by atoms with Crippen LogP contribution in [0.5, 0.6) is 11.5 Å². The summed E-state index contributed by atoms with van der Waals surface area (Å²) < 4.78 is 7.26. The van der Waals surface area contributed by atoms with Gasteiger partial charge in [0.15, 0.2) is 5.65 Å². The van der Waals surface area contributed by atoms with Gasteiger partial charge in [-0.3, -0.25) is 19.4 Å². The maximum atomic E-state index is 12.8. The quantitative estimate of drug-likeness (QED) is 0.571. The number of para-hydroxylation sites is 1. The molecule has 2 heterocycles. The first-order valence-electron chi connectivity index (χ1n) is 8.72. The molecule has 140 valence electrons. The SMILES string of the molecule is Cc1cc(C(=O)Nc2ccc(Oc3ccccc3)cc2)c2c(=O)[nH]n(C)c2n1. The summed E-state index contributed by atoms with van der Waals surface area (Å²) in [6.45, 7) is 1.78. The third-order valence-electron chi connectivity index (χ3n) is 4.28. The fraction of sp³-hybridized carbons (Fsp3) is 0.0952. The number of aromatic nitrogens is 3. The normalized spacial score (nSPS) is 10.8. The van der Waals surface area contributed by atoms with Crippen LogP contribution in [-0.4, -0.2) is 20.7 Å². The number of H-pyrrole nitrogens is 1. The molecule has 4 rings (SSSR count). The van der Waals surface area contributed by atoms with Gasteiger partial charge in [-0.05, 0) is 49.4 Å². The van der Waals surface area contributed by atoms with Crippen LogP contribution in [0, 0.1) is 6.92 Å². The largest absolute Gasteiger partial charge is 0.457 e. The van der Waals surface area contributed by atoms with E-state index in [1.165, 1.54) is 4.68 Å². The number of carbonyl (C=O) groups is 1. The highest BCUT2D eigenvalue weighted by Gasteiger charge is 2.18. The van der Waals surface area contributed by atoms with Crippen LogP contribution in [0.2, 0.25) is 0 Å². The summed E-state index contributed by atoms with van der Waals surface area (Å²) in [7, 11) is 1.68. The molecule has 0 atom stereocenters. The number of hydrogen-bond acceptors (Lipinski definition) is 4. The minimum atomic E-state index is -0.371. The van der Waals surface area contributed by atoms with E-state index in [0.29, 0.717) is 22.8 Å². The van der Waals surface area contributed by atoms with Gasteiger partial charge in [0, 0.05) is 18.4 Å². The summed E-state index contributed by atoms with van der Waals surface area (Å²) in [4.78, 5) is 29.3. The molecular formula is C21H18N4O3. The number of nitrogens with one attached hydrogen (secondary N) is 2. The highest BCUT2D eigenvalue weighted by molar-refractivity contribution is 6.11. The Labute approximate surface area is 160 Å². The predicted molar refractivity (Wildman–Crippen MR) is 107 cm³/mol. The lowest BCUT2D eigenvalue weighted by molar-refractivity contribution is 0.102. The zero-order valence-corrected chi connectivity index (χ0v) is 15.4. The third-order valence-corrected chi connectivity index (χ3v) is 4.28. The van der Waals surface area contributed by atoms with Crippen LogP contribution in [-0.2, 0) is 7.05 Å². The van der Waals surface area contributed by atoms with Crippen molar-refractivity contribution in [2.24, 2.45) is 7.05 Å². The van der Waals surface area contributed by atoms with Gasteiger partial charge in [-0.2, -0.15) is 0 Å². The number of pyridine rings is 1. The van der Waals surface area contributed by atoms with Crippen molar-refractivity contribution in [2.75, 3.05) is 5.32 Å². The number of carbonyl (C=O) groups excluding carboxylic acids is 1. The summed E-state index contributed by atoms with van der Waals surface area (Å²) in [5.74, 6) is 1.02. The van der Waals surface area contributed by atoms with Crippen molar-refractivity contribution in [1.82, 2.24) is 14.8 Å². The van der Waals surface area contributed by atoms with E-state index in [9.17, 15) is 9.59 Å². The fourth-order valence-corrected chi connectivity index (χ4v) is 2.99. The van der Waals surface area contributed by atoms with Gasteiger partial charge < -0.3 is 10.1 Å². The molecular weight excluding hydrogens is 356 g/mol. The van der Waals surface area contributed by atoms with Crippen LogP contribution in [0.3, 0.4) is 0 Å². The van der Waals surface area contributed by atoms with Gasteiger partial charge >= 0.3 is 0 Å². The molecule has 2 aromatic heterocycles. The van der Waals surface area contributed by atoms with Crippen molar-refractivity contribution in [3.63, 3.8) is 0 Å². The molecule has 0 saturated heterocycles. The molecule has 0 fully saturated rings. The number of rotatable bonds is 4. The van der Waals surface area contributed by atoms with Crippen molar-refractivity contribution in [3.8, 4) is 11.5 Å². The molecule has 7 heteroatoms. The number of hydrogen-bond donors (Lipinski definition) is 2. The molecule has 0 spiro atoms. The number of fused-ring (bicyclic) bond motifs is 1. The number of ether oxygens (including phenoxy) is 1. The topological polar surface area (TPSA) is 89.0 Å². The first-order valence-corrected chi connectivity index (χ1v) is 8.72. The summed E-state index contributed by atoms with van der Waals surface area (Å²) in [5, 5.41) is 5.73. The second-order valence-electron chi connectivity index (χ2n) is 6.40. The molecule has 0 aliphatic rings. The number of nitrogens with zero attached hydrogens (tertiary/aromatic N) is 2. The van der Waals surface area contributed by atoms with Crippen LogP contribution in [0.25, 0.3) is 11.0 Å². The molecule has 4 aromatic rings. The molecule has 0 aliphatic carbocycles. The van der Waals surface area contributed by atoms with Gasteiger partial charge in [0.25, 0.3) is 11.5 Å². The Kier molecular flexibility index (Phi) is 4.41. The van der Waals surface area contributed by atoms with E-state index in [1.54, 1.807) is 44.3 Å². The second-order valence-corrected chi connectivity index (χ2v) is 6.40. The molecule has 2 N–H and O–H groups in total. The average molecular weight is 374 g/mol. The Hall–Kier alpha value is -3.87. The maximum Gasteiger partial charge on any atom is 0.274 e. The van der Waals surface area contributed by atoms with E-state index in [-0.39, 0.29) is 22.4 Å². The van der Waals surface area contributed by atoms with Gasteiger partial charge in [0.2, 0.25) is 0 Å². The van der Waals surface area contributed by atoms with E-state index in [4.69, 9.17) is 4.74 Å². The molecule has 7 nitrogen and oxygen atoms in total. The second kappa shape index (κ2) is 7.03.